The summed E-state index contributed by atoms with van der Waals surface area (Å²) in [4.78, 5) is 0. The van der Waals surface area contributed by atoms with E-state index in [0.29, 0.717) is 16.8 Å². The van der Waals surface area contributed by atoms with Gasteiger partial charge in [-0.05, 0) is 69.5 Å². The van der Waals surface area contributed by atoms with E-state index in [1.165, 1.54) is 11.6 Å². The number of benzene rings is 1. The number of nitrogens with one attached hydrogen (secondary N) is 1. The van der Waals surface area contributed by atoms with Crippen LogP contribution in [0.15, 0.2) is 39.5 Å². The molecule has 1 aromatic heterocycles. The van der Waals surface area contributed by atoms with Gasteiger partial charge in [0.25, 0.3) is 0 Å². The van der Waals surface area contributed by atoms with Gasteiger partial charge in [-0.15, -0.1) is 0 Å². The van der Waals surface area contributed by atoms with Gasteiger partial charge in [0.15, 0.2) is 0 Å². The third-order valence-electron chi connectivity index (χ3n) is 2.61. The molecule has 1 N–H and O–H groups in total. The largest absolute Gasteiger partial charge is 0.492 e. The molecular weight excluding hydrogens is 329 g/mol. The molecular formula is C14H15BrFNOS. The standard InChI is InChI=1S/C14H15BrFNOS/c15-13-9-12(1-2-14(13)16)18-7-6-17-5-3-11-4-8-19-10-11/h1-2,4,8-10,17H,3,5-7H2. The first-order chi connectivity index (χ1) is 9.25. The molecule has 1 aromatic carbocycles. The van der Waals surface area contributed by atoms with Crippen molar-refractivity contribution in [3.63, 3.8) is 0 Å². The fourth-order valence-electron chi connectivity index (χ4n) is 1.60. The highest BCUT2D eigenvalue weighted by molar-refractivity contribution is 9.10. The quantitative estimate of drug-likeness (QED) is 0.770. The Hall–Kier alpha value is -0.910. The van der Waals surface area contributed by atoms with Crippen molar-refractivity contribution >= 4 is 27.3 Å². The normalized spacial score (nSPS) is 10.6. The van der Waals surface area contributed by atoms with Crippen molar-refractivity contribution in [2.45, 2.75) is 6.42 Å². The summed E-state index contributed by atoms with van der Waals surface area (Å²) in [5.74, 6) is 0.397. The van der Waals surface area contributed by atoms with Crippen LogP contribution < -0.4 is 10.1 Å². The van der Waals surface area contributed by atoms with Crippen LogP contribution in [-0.2, 0) is 6.42 Å². The second kappa shape index (κ2) is 7.62. The first kappa shape index (κ1) is 14.5. The molecule has 19 heavy (non-hydrogen) atoms. The van der Waals surface area contributed by atoms with Gasteiger partial charge in [-0.3, -0.25) is 0 Å². The Morgan fingerprint density at radius 1 is 1.26 bits per heavy atom. The lowest BCUT2D eigenvalue weighted by Crippen LogP contribution is -2.23. The zero-order valence-corrected chi connectivity index (χ0v) is 12.8. The van der Waals surface area contributed by atoms with Crippen LogP contribution in [0.3, 0.4) is 0 Å². The van der Waals surface area contributed by atoms with Crippen LogP contribution in [-0.4, -0.2) is 19.7 Å². The Kier molecular flexibility index (Phi) is 5.82. The molecule has 2 aromatic rings. The summed E-state index contributed by atoms with van der Waals surface area (Å²) in [6.45, 7) is 2.29. The lowest BCUT2D eigenvalue weighted by Gasteiger charge is -2.08. The Morgan fingerprint density at radius 3 is 2.89 bits per heavy atom. The Bertz CT molecular complexity index is 504. The Balaban J connectivity index is 1.60. The zero-order valence-electron chi connectivity index (χ0n) is 10.4. The molecule has 1 heterocycles. The third-order valence-corrected chi connectivity index (χ3v) is 3.95. The molecule has 2 nitrogen and oxygen atoms in total. The predicted molar refractivity (Wildman–Crippen MR) is 80.5 cm³/mol. The summed E-state index contributed by atoms with van der Waals surface area (Å²) in [5, 5.41) is 7.56. The van der Waals surface area contributed by atoms with Crippen LogP contribution in [0.4, 0.5) is 4.39 Å². The number of thiophene rings is 1. The molecule has 0 bridgehead atoms. The fourth-order valence-corrected chi connectivity index (χ4v) is 2.66. The molecule has 0 saturated carbocycles. The number of ether oxygens (including phenoxy) is 1. The molecule has 102 valence electrons. The highest BCUT2D eigenvalue weighted by atomic mass is 79.9. The average molecular weight is 344 g/mol. The molecule has 0 radical (unpaired) electrons. The molecule has 0 saturated heterocycles. The summed E-state index contributed by atoms with van der Waals surface area (Å²) in [7, 11) is 0. The average Bonchev–Trinajstić information content (AvgIpc) is 2.91. The minimum atomic E-state index is -0.277. The molecule has 0 aliphatic carbocycles. The Morgan fingerprint density at radius 2 is 2.16 bits per heavy atom. The summed E-state index contributed by atoms with van der Waals surface area (Å²) in [6, 6.07) is 6.80. The van der Waals surface area contributed by atoms with E-state index in [1.807, 2.05) is 0 Å². The van der Waals surface area contributed by atoms with Gasteiger partial charge < -0.3 is 10.1 Å². The van der Waals surface area contributed by atoms with Crippen molar-refractivity contribution in [3.8, 4) is 5.75 Å². The van der Waals surface area contributed by atoms with Gasteiger partial charge in [0.1, 0.15) is 18.2 Å². The number of halogens is 2. The smallest absolute Gasteiger partial charge is 0.137 e. The molecule has 0 fully saturated rings. The second-order valence-corrected chi connectivity index (χ2v) is 5.69. The van der Waals surface area contributed by atoms with Gasteiger partial charge in [-0.25, -0.2) is 4.39 Å². The van der Waals surface area contributed by atoms with Gasteiger partial charge in [0, 0.05) is 6.54 Å². The maximum atomic E-state index is 13.0. The van der Waals surface area contributed by atoms with Crippen LogP contribution in [0.2, 0.25) is 0 Å². The van der Waals surface area contributed by atoms with Crippen molar-refractivity contribution in [2.24, 2.45) is 0 Å². The zero-order chi connectivity index (χ0) is 13.5. The Labute approximate surface area is 124 Å². The van der Waals surface area contributed by atoms with Gasteiger partial charge in [-0.1, -0.05) is 0 Å². The lowest BCUT2D eigenvalue weighted by molar-refractivity contribution is 0.314. The topological polar surface area (TPSA) is 21.3 Å². The van der Waals surface area contributed by atoms with E-state index in [1.54, 1.807) is 23.5 Å². The summed E-state index contributed by atoms with van der Waals surface area (Å²) < 4.78 is 19.0. The van der Waals surface area contributed by atoms with Gasteiger partial charge >= 0.3 is 0 Å². The second-order valence-electron chi connectivity index (χ2n) is 4.06. The van der Waals surface area contributed by atoms with Crippen molar-refractivity contribution in [1.82, 2.24) is 5.32 Å². The molecule has 0 aliphatic rings. The lowest BCUT2D eigenvalue weighted by atomic mass is 10.2. The molecule has 0 atom stereocenters. The highest BCUT2D eigenvalue weighted by Crippen LogP contribution is 2.21. The van der Waals surface area contributed by atoms with E-state index in [2.05, 4.69) is 38.1 Å². The maximum Gasteiger partial charge on any atom is 0.137 e. The van der Waals surface area contributed by atoms with E-state index in [9.17, 15) is 4.39 Å². The van der Waals surface area contributed by atoms with Crippen LogP contribution in [0, 0.1) is 5.82 Å². The summed E-state index contributed by atoms with van der Waals surface area (Å²) in [5.41, 5.74) is 1.36. The molecule has 0 unspecified atom stereocenters. The molecule has 2 rings (SSSR count). The van der Waals surface area contributed by atoms with Crippen molar-refractivity contribution in [3.05, 3.63) is 50.9 Å². The van der Waals surface area contributed by atoms with Crippen molar-refractivity contribution < 1.29 is 9.13 Å². The SMILES string of the molecule is Fc1ccc(OCCNCCc2ccsc2)cc1Br. The molecule has 0 amide bonds. The van der Waals surface area contributed by atoms with E-state index in [-0.39, 0.29) is 5.82 Å². The van der Waals surface area contributed by atoms with Crippen LogP contribution in [0.25, 0.3) is 0 Å². The van der Waals surface area contributed by atoms with E-state index in [4.69, 9.17) is 4.74 Å². The van der Waals surface area contributed by atoms with Crippen LogP contribution in [0.5, 0.6) is 5.75 Å². The summed E-state index contributed by atoms with van der Waals surface area (Å²) in [6.07, 6.45) is 1.03. The highest BCUT2D eigenvalue weighted by Gasteiger charge is 2.00. The minimum absolute atomic E-state index is 0.277. The van der Waals surface area contributed by atoms with Crippen LogP contribution in [0.1, 0.15) is 5.56 Å². The van der Waals surface area contributed by atoms with Gasteiger partial charge in [0.2, 0.25) is 0 Å². The molecule has 5 heteroatoms. The fraction of sp³-hybridized carbons (Fsp3) is 0.286. The number of hydrogen-bond donors (Lipinski definition) is 1. The van der Waals surface area contributed by atoms with Gasteiger partial charge in [-0.2, -0.15) is 11.3 Å². The summed E-state index contributed by atoms with van der Waals surface area (Å²) >= 11 is 4.85. The first-order valence-electron chi connectivity index (χ1n) is 6.05. The number of rotatable bonds is 7. The van der Waals surface area contributed by atoms with E-state index >= 15 is 0 Å². The maximum absolute atomic E-state index is 13.0. The van der Waals surface area contributed by atoms with Crippen LogP contribution >= 0.6 is 27.3 Å². The van der Waals surface area contributed by atoms with Crippen molar-refractivity contribution in [1.29, 1.82) is 0 Å². The van der Waals surface area contributed by atoms with E-state index < -0.39 is 0 Å². The van der Waals surface area contributed by atoms with Gasteiger partial charge in [0.05, 0.1) is 4.47 Å². The monoisotopic (exact) mass is 343 g/mol. The molecule has 0 spiro atoms. The van der Waals surface area contributed by atoms with Crippen molar-refractivity contribution in [2.75, 3.05) is 19.7 Å². The minimum Gasteiger partial charge on any atom is -0.492 e. The predicted octanol–water partition coefficient (Wildman–Crippen LogP) is 3.86. The number of hydrogen-bond acceptors (Lipinski definition) is 3. The molecule has 0 aliphatic heterocycles. The van der Waals surface area contributed by atoms with E-state index in [0.717, 1.165) is 19.5 Å². The third kappa shape index (κ3) is 4.93. The first-order valence-corrected chi connectivity index (χ1v) is 7.79.